The Kier molecular flexibility index (Phi) is 11.7. The molecule has 0 saturated carbocycles. The molecule has 30 heavy (non-hydrogen) atoms. The largest absolute Gasteiger partial charge is 0.414 e. The second kappa shape index (κ2) is 12.9. The smallest absolute Gasteiger partial charge is 0.297 e. The molecule has 1 aromatic carbocycles. The van der Waals surface area contributed by atoms with Crippen LogP contribution in [0.2, 0.25) is 18.1 Å². The molecule has 0 bridgehead atoms. The van der Waals surface area contributed by atoms with E-state index < -0.39 is 18.4 Å². The molecule has 0 aliphatic carbocycles. The lowest BCUT2D eigenvalue weighted by molar-refractivity contribution is 0.00460. The van der Waals surface area contributed by atoms with Crippen LogP contribution in [-0.2, 0) is 32.9 Å². The minimum atomic E-state index is -3.74. The van der Waals surface area contributed by atoms with Crippen molar-refractivity contribution in [1.29, 1.82) is 0 Å². The summed E-state index contributed by atoms with van der Waals surface area (Å²) in [7, 11) is -5.45. The van der Waals surface area contributed by atoms with Gasteiger partial charge < -0.3 is 18.6 Å². The molecular formula is C21H38O7SSi. The molecule has 0 radical (unpaired) electrons. The van der Waals surface area contributed by atoms with Gasteiger partial charge in [-0.2, -0.15) is 8.42 Å². The molecule has 0 aliphatic rings. The second-order valence-electron chi connectivity index (χ2n) is 8.54. The van der Waals surface area contributed by atoms with Crippen molar-refractivity contribution >= 4 is 18.4 Å². The first kappa shape index (κ1) is 27.2. The molecule has 1 rings (SSSR count). The predicted molar refractivity (Wildman–Crippen MR) is 120 cm³/mol. The van der Waals surface area contributed by atoms with Gasteiger partial charge >= 0.3 is 0 Å². The first-order valence-electron chi connectivity index (χ1n) is 10.3. The first-order valence-corrected chi connectivity index (χ1v) is 14.6. The van der Waals surface area contributed by atoms with E-state index in [1.807, 2.05) is 6.92 Å². The summed E-state index contributed by atoms with van der Waals surface area (Å²) in [6, 6.07) is 6.52. The highest BCUT2D eigenvalue weighted by molar-refractivity contribution is 7.86. The first-order chi connectivity index (χ1) is 14.0. The highest BCUT2D eigenvalue weighted by Gasteiger charge is 2.36. The molecule has 0 unspecified atom stereocenters. The van der Waals surface area contributed by atoms with Crippen molar-refractivity contribution in [3.8, 4) is 0 Å². The number of aryl methyl sites for hydroxylation is 1. The van der Waals surface area contributed by atoms with Gasteiger partial charge in [0.1, 0.15) is 0 Å². The van der Waals surface area contributed by atoms with Gasteiger partial charge in [0.2, 0.25) is 0 Å². The van der Waals surface area contributed by atoms with Crippen LogP contribution < -0.4 is 0 Å². The Morgan fingerprint density at radius 1 is 0.767 bits per heavy atom. The number of ether oxygens (including phenoxy) is 3. The third-order valence-electron chi connectivity index (χ3n) is 5.02. The van der Waals surface area contributed by atoms with Gasteiger partial charge in [-0.25, -0.2) is 0 Å². The van der Waals surface area contributed by atoms with Crippen LogP contribution in [0.1, 0.15) is 26.3 Å². The minimum absolute atomic E-state index is 0.0342. The fourth-order valence-corrected chi connectivity index (χ4v) is 4.01. The highest BCUT2D eigenvalue weighted by atomic mass is 32.2. The number of rotatable bonds is 15. The van der Waals surface area contributed by atoms with Crippen LogP contribution in [-0.4, -0.2) is 69.6 Å². The lowest BCUT2D eigenvalue weighted by Gasteiger charge is -2.36. The molecule has 0 amide bonds. The average Bonchev–Trinajstić information content (AvgIpc) is 2.64. The Bertz CT molecular complexity index is 697. The molecular weight excluding hydrogens is 424 g/mol. The maximum atomic E-state index is 12.0. The molecule has 0 N–H and O–H groups in total. The zero-order valence-electron chi connectivity index (χ0n) is 19.2. The zero-order chi connectivity index (χ0) is 22.7. The van der Waals surface area contributed by atoms with E-state index in [0.29, 0.717) is 39.6 Å². The maximum absolute atomic E-state index is 12.0. The van der Waals surface area contributed by atoms with E-state index >= 15 is 0 Å². The van der Waals surface area contributed by atoms with E-state index in [1.54, 1.807) is 12.1 Å². The summed E-state index contributed by atoms with van der Waals surface area (Å²) in [5.41, 5.74) is 0.988. The molecule has 9 heteroatoms. The second-order valence-corrected chi connectivity index (χ2v) is 15.0. The summed E-state index contributed by atoms with van der Waals surface area (Å²) in [5.74, 6) is 0. The Morgan fingerprint density at radius 2 is 1.20 bits per heavy atom. The monoisotopic (exact) mass is 462 g/mol. The number of hydrogen-bond acceptors (Lipinski definition) is 7. The van der Waals surface area contributed by atoms with Gasteiger partial charge in [-0.3, -0.25) is 4.18 Å². The van der Waals surface area contributed by atoms with Gasteiger partial charge in [0.05, 0.1) is 57.8 Å². The zero-order valence-corrected chi connectivity index (χ0v) is 21.0. The van der Waals surface area contributed by atoms with E-state index in [-0.39, 0.29) is 23.1 Å². The van der Waals surface area contributed by atoms with Crippen molar-refractivity contribution in [2.45, 2.75) is 50.7 Å². The van der Waals surface area contributed by atoms with Crippen molar-refractivity contribution in [2.24, 2.45) is 0 Å². The average molecular weight is 463 g/mol. The Labute approximate surface area is 183 Å². The predicted octanol–water partition coefficient (Wildman–Crippen LogP) is 3.77. The van der Waals surface area contributed by atoms with E-state index in [0.717, 1.165) is 5.56 Å². The lowest BCUT2D eigenvalue weighted by Crippen LogP contribution is -2.41. The van der Waals surface area contributed by atoms with Crippen LogP contribution in [0.25, 0.3) is 0 Å². The molecule has 0 fully saturated rings. The molecule has 174 valence electrons. The fourth-order valence-electron chi connectivity index (χ4n) is 2.09. The van der Waals surface area contributed by atoms with Crippen LogP contribution in [0.5, 0.6) is 0 Å². The molecule has 0 aromatic heterocycles. The summed E-state index contributed by atoms with van der Waals surface area (Å²) in [6.45, 7) is 16.0. The van der Waals surface area contributed by atoms with Gasteiger partial charge in [-0.05, 0) is 37.2 Å². The molecule has 0 heterocycles. The van der Waals surface area contributed by atoms with Gasteiger partial charge in [0, 0.05) is 0 Å². The normalized spacial score (nSPS) is 13.0. The van der Waals surface area contributed by atoms with E-state index in [9.17, 15) is 8.42 Å². The van der Waals surface area contributed by atoms with Crippen molar-refractivity contribution in [3.63, 3.8) is 0 Å². The Balaban J connectivity index is 1.97. The summed E-state index contributed by atoms with van der Waals surface area (Å²) in [4.78, 5) is 0.145. The third-order valence-corrected chi connectivity index (χ3v) is 10.9. The molecule has 0 aliphatic heterocycles. The van der Waals surface area contributed by atoms with Crippen LogP contribution in [0.15, 0.2) is 29.2 Å². The highest BCUT2D eigenvalue weighted by Crippen LogP contribution is 2.36. The summed E-state index contributed by atoms with van der Waals surface area (Å²) >= 11 is 0. The third kappa shape index (κ3) is 10.5. The van der Waals surface area contributed by atoms with Gasteiger partial charge in [0.15, 0.2) is 8.32 Å². The molecule has 7 nitrogen and oxygen atoms in total. The van der Waals surface area contributed by atoms with Crippen molar-refractivity contribution < 1.29 is 31.2 Å². The van der Waals surface area contributed by atoms with E-state index in [2.05, 4.69) is 33.9 Å². The molecule has 0 saturated heterocycles. The van der Waals surface area contributed by atoms with Gasteiger partial charge in [-0.15, -0.1) is 0 Å². The Hall–Kier alpha value is -0.813. The maximum Gasteiger partial charge on any atom is 0.297 e. The van der Waals surface area contributed by atoms with Crippen LogP contribution in [0.3, 0.4) is 0 Å². The minimum Gasteiger partial charge on any atom is -0.414 e. The lowest BCUT2D eigenvalue weighted by atomic mass is 10.2. The number of hydrogen-bond donors (Lipinski definition) is 0. The molecule has 0 spiro atoms. The van der Waals surface area contributed by atoms with Crippen LogP contribution in [0, 0.1) is 6.92 Å². The number of benzene rings is 1. The molecule has 1 aromatic rings. The standard InChI is InChI=1S/C21H38O7SSi/c1-19-7-9-20(10-8-19)29(22,23)27-17-15-25-13-11-24-12-14-26-16-18-28-30(5,6)21(2,3)4/h7-10H,11-18H2,1-6H3. The van der Waals surface area contributed by atoms with Crippen molar-refractivity contribution in [2.75, 3.05) is 52.9 Å². The summed E-state index contributed by atoms with van der Waals surface area (Å²) in [5, 5.41) is 0.200. The van der Waals surface area contributed by atoms with Crippen molar-refractivity contribution in [1.82, 2.24) is 0 Å². The quantitative estimate of drug-likeness (QED) is 0.223. The Morgan fingerprint density at radius 3 is 1.67 bits per heavy atom. The molecule has 0 atom stereocenters. The van der Waals surface area contributed by atoms with E-state index in [1.165, 1.54) is 12.1 Å². The fraction of sp³-hybridized carbons (Fsp3) is 0.714. The van der Waals surface area contributed by atoms with Gasteiger partial charge in [-0.1, -0.05) is 38.5 Å². The van der Waals surface area contributed by atoms with Crippen LogP contribution >= 0.6 is 0 Å². The van der Waals surface area contributed by atoms with E-state index in [4.69, 9.17) is 22.8 Å². The summed E-state index contributed by atoms with van der Waals surface area (Å²) < 4.78 is 51.3. The van der Waals surface area contributed by atoms with Gasteiger partial charge in [0.25, 0.3) is 10.1 Å². The SMILES string of the molecule is Cc1ccc(S(=O)(=O)OCCOCCOCCOCCO[Si](C)(C)C(C)(C)C)cc1. The summed E-state index contributed by atoms with van der Waals surface area (Å²) in [6.07, 6.45) is 0. The van der Waals surface area contributed by atoms with Crippen LogP contribution in [0.4, 0.5) is 0 Å². The topological polar surface area (TPSA) is 80.3 Å². The van der Waals surface area contributed by atoms with Crippen molar-refractivity contribution in [3.05, 3.63) is 29.8 Å².